The van der Waals surface area contributed by atoms with Gasteiger partial charge in [-0.2, -0.15) is 0 Å². The topological polar surface area (TPSA) is 306 Å². The predicted molar refractivity (Wildman–Crippen MR) is 382 cm³/mol. The van der Waals surface area contributed by atoms with Crippen molar-refractivity contribution < 1.29 is 110 Å². The van der Waals surface area contributed by atoms with Gasteiger partial charge in [0.1, 0.15) is 23.9 Å². The summed E-state index contributed by atoms with van der Waals surface area (Å²) in [5.74, 6) is -6.61. The zero-order valence-corrected chi connectivity index (χ0v) is 59.4. The molecule has 104 heavy (non-hydrogen) atoms. The van der Waals surface area contributed by atoms with Crippen molar-refractivity contribution in [2.75, 3.05) is 26.4 Å². The van der Waals surface area contributed by atoms with E-state index in [1.165, 1.54) is 75.8 Å². The Hall–Kier alpha value is -11.4. The molecule has 2 saturated carbocycles. The van der Waals surface area contributed by atoms with Crippen LogP contribution in [-0.4, -0.2) is 122 Å². The fraction of sp³-hybridized carbons (Fsp3) is 0.358. The Morgan fingerprint density at radius 3 is 1.10 bits per heavy atom. The van der Waals surface area contributed by atoms with Crippen LogP contribution in [0.15, 0.2) is 182 Å². The highest BCUT2D eigenvalue weighted by Gasteiger charge is 2.44. The highest BCUT2D eigenvalue weighted by molar-refractivity contribution is 6.05. The fourth-order valence-corrected chi connectivity index (χ4v) is 11.8. The molecule has 548 valence electrons. The van der Waals surface area contributed by atoms with Gasteiger partial charge >= 0.3 is 71.6 Å². The second-order valence-electron chi connectivity index (χ2n) is 25.8. The SMILES string of the molecule is C=C(C)C(=O)OC1(c2c3ccccc3cc3ccccc23)CCCC1.C=C(C)C(=O)OC1(c2c3ccccc3cc3ccccc23)CCCCC1.C=C(C)C(=O)OC1CC(=O)OC1=O.C=C(C)C(=O)OC1CCOC1=O.C=C(C)C(=O)OC1COC(=O)C1.C=C(C)C(=O)OCC(=O)OC1CCOC1=O. The maximum atomic E-state index is 12.5. The van der Waals surface area contributed by atoms with Gasteiger partial charge in [0, 0.05) is 57.4 Å². The predicted octanol–water partition coefficient (Wildman–Crippen LogP) is 12.9. The first-order valence-corrected chi connectivity index (χ1v) is 33.9. The number of carbonyl (C=O) groups excluding carboxylic acids is 12. The van der Waals surface area contributed by atoms with Crippen molar-refractivity contribution in [3.63, 3.8) is 0 Å². The Labute approximate surface area is 602 Å². The molecule has 23 nitrogen and oxygen atoms in total. The lowest BCUT2D eigenvalue weighted by atomic mass is 9.75. The summed E-state index contributed by atoms with van der Waals surface area (Å²) in [5, 5.41) is 9.48. The summed E-state index contributed by atoms with van der Waals surface area (Å²) >= 11 is 0. The molecule has 6 aliphatic rings. The molecule has 6 aromatic carbocycles. The van der Waals surface area contributed by atoms with E-state index in [2.05, 4.69) is 177 Å². The third kappa shape index (κ3) is 21.6. The van der Waals surface area contributed by atoms with Gasteiger partial charge in [0.15, 0.2) is 6.61 Å². The van der Waals surface area contributed by atoms with Gasteiger partial charge in [-0.3, -0.25) is 9.59 Å². The van der Waals surface area contributed by atoms with Gasteiger partial charge in [0.25, 0.3) is 0 Å². The van der Waals surface area contributed by atoms with E-state index >= 15 is 0 Å². The molecule has 2 aliphatic carbocycles. The maximum absolute atomic E-state index is 12.5. The number of carbonyl (C=O) groups is 12. The third-order valence-corrected chi connectivity index (χ3v) is 17.0. The fourth-order valence-electron chi connectivity index (χ4n) is 11.8. The normalized spacial score (nSPS) is 18.6. The largest absolute Gasteiger partial charge is 0.463 e. The van der Waals surface area contributed by atoms with Crippen molar-refractivity contribution in [1.29, 1.82) is 0 Å². The van der Waals surface area contributed by atoms with Crippen LogP contribution in [0.2, 0.25) is 0 Å². The molecule has 6 fully saturated rings. The number of cyclic esters (lactones) is 5. The molecule has 0 bridgehead atoms. The second kappa shape index (κ2) is 37.0. The number of hydrogen-bond acceptors (Lipinski definition) is 23. The van der Waals surface area contributed by atoms with Crippen LogP contribution in [0, 0.1) is 0 Å². The van der Waals surface area contributed by atoms with Gasteiger partial charge in [-0.1, -0.05) is 143 Å². The Bertz CT molecular complexity index is 4280. The highest BCUT2D eigenvalue weighted by atomic mass is 16.6. The van der Waals surface area contributed by atoms with Crippen LogP contribution in [-0.2, 0) is 121 Å². The molecule has 0 spiro atoms. The Kier molecular flexibility index (Phi) is 28.4. The molecule has 0 N–H and O–H groups in total. The van der Waals surface area contributed by atoms with Crippen molar-refractivity contribution in [1.82, 2.24) is 0 Å². The van der Waals surface area contributed by atoms with Crippen molar-refractivity contribution in [2.24, 2.45) is 0 Å². The van der Waals surface area contributed by atoms with E-state index in [0.29, 0.717) is 36.2 Å². The lowest BCUT2D eigenvalue weighted by molar-refractivity contribution is -0.166. The summed E-state index contributed by atoms with van der Waals surface area (Å²) < 4.78 is 53.8. The second-order valence-corrected chi connectivity index (χ2v) is 25.8. The molecule has 12 rings (SSSR count). The third-order valence-electron chi connectivity index (χ3n) is 17.0. The van der Waals surface area contributed by atoms with E-state index in [1.807, 2.05) is 0 Å². The van der Waals surface area contributed by atoms with E-state index < -0.39 is 95.9 Å². The molecule has 0 aromatic heterocycles. The number of hydrogen-bond donors (Lipinski definition) is 0. The van der Waals surface area contributed by atoms with Crippen molar-refractivity contribution in [2.45, 2.75) is 161 Å². The van der Waals surface area contributed by atoms with Crippen LogP contribution in [0.3, 0.4) is 0 Å². The molecule has 6 aromatic rings. The van der Waals surface area contributed by atoms with Crippen LogP contribution in [0.25, 0.3) is 43.1 Å². The molecule has 0 radical (unpaired) electrons. The minimum atomic E-state index is -1.10. The maximum Gasteiger partial charge on any atom is 0.355 e. The first kappa shape index (κ1) is 80.0. The minimum Gasteiger partial charge on any atom is -0.463 e. The lowest BCUT2D eigenvalue weighted by Crippen LogP contribution is -2.35. The van der Waals surface area contributed by atoms with E-state index in [0.717, 1.165) is 56.9 Å². The van der Waals surface area contributed by atoms with Crippen LogP contribution < -0.4 is 0 Å². The van der Waals surface area contributed by atoms with Gasteiger partial charge < -0.3 is 52.1 Å². The number of rotatable bonds is 16. The zero-order valence-electron chi connectivity index (χ0n) is 59.4. The monoisotopic (exact) mass is 1430 g/mol. The van der Waals surface area contributed by atoms with Crippen molar-refractivity contribution >= 4 is 115 Å². The van der Waals surface area contributed by atoms with E-state index in [-0.39, 0.29) is 60.7 Å². The quantitative estimate of drug-likeness (QED) is 0.0286. The lowest BCUT2D eigenvalue weighted by Gasteiger charge is -2.39. The van der Waals surface area contributed by atoms with Crippen LogP contribution in [0.5, 0.6) is 0 Å². The van der Waals surface area contributed by atoms with E-state index in [9.17, 15) is 57.5 Å². The summed E-state index contributed by atoms with van der Waals surface area (Å²) in [6.07, 6.45) is 6.51. The average Bonchev–Trinajstić information content (AvgIpc) is 1.08. The Morgan fingerprint density at radius 2 is 0.760 bits per heavy atom. The zero-order chi connectivity index (χ0) is 76.0. The van der Waals surface area contributed by atoms with Crippen LogP contribution >= 0.6 is 0 Å². The molecule has 4 atom stereocenters. The Morgan fingerprint density at radius 1 is 0.404 bits per heavy atom. The molecular formula is C81H86O23. The Balaban J connectivity index is 0.000000180. The minimum absolute atomic E-state index is 0.152. The molecule has 0 amide bonds. The van der Waals surface area contributed by atoms with Gasteiger partial charge in [0.2, 0.25) is 18.3 Å². The molecule has 4 unspecified atom stereocenters. The number of benzene rings is 6. The average molecular weight is 1430 g/mol. The van der Waals surface area contributed by atoms with Crippen LogP contribution in [0.1, 0.15) is 136 Å². The highest BCUT2D eigenvalue weighted by Crippen LogP contribution is 2.49. The first-order chi connectivity index (χ1) is 49.4. The molecule has 23 heteroatoms. The van der Waals surface area contributed by atoms with E-state index in [4.69, 9.17) is 23.7 Å². The summed E-state index contributed by atoms with van der Waals surface area (Å²) in [4.78, 5) is 133. The van der Waals surface area contributed by atoms with Crippen molar-refractivity contribution in [3.05, 3.63) is 193 Å². The molecule has 4 heterocycles. The summed E-state index contributed by atoms with van der Waals surface area (Å²) in [6.45, 7) is 30.7. The number of ether oxygens (including phenoxy) is 11. The molecule has 4 aliphatic heterocycles. The number of esters is 12. The van der Waals surface area contributed by atoms with E-state index in [1.54, 1.807) is 20.8 Å². The summed E-state index contributed by atoms with van der Waals surface area (Å²) in [6, 6.07) is 38.1. The van der Waals surface area contributed by atoms with Gasteiger partial charge in [-0.05, 0) is 148 Å². The molecule has 4 saturated heterocycles. The van der Waals surface area contributed by atoms with Crippen LogP contribution in [0.4, 0.5) is 0 Å². The van der Waals surface area contributed by atoms with Crippen molar-refractivity contribution in [3.8, 4) is 0 Å². The summed E-state index contributed by atoms with van der Waals surface area (Å²) in [7, 11) is 0. The van der Waals surface area contributed by atoms with Gasteiger partial charge in [0.05, 0.1) is 26.1 Å². The number of fused-ring (bicyclic) bond motifs is 4. The van der Waals surface area contributed by atoms with Gasteiger partial charge in [-0.25, -0.2) is 47.9 Å². The molecular weight excluding hydrogens is 1340 g/mol. The van der Waals surface area contributed by atoms with Gasteiger partial charge in [-0.15, -0.1) is 0 Å². The summed E-state index contributed by atoms with van der Waals surface area (Å²) in [5.41, 5.74) is 3.08. The smallest absolute Gasteiger partial charge is 0.355 e. The standard InChI is InChI=1S/C24H24O2.C23H22O2.C10H12O6.C8H8O5.2C8H10O4/c1-17(2)23(25)26-24(14-8-3-9-15-24)22-20-12-6-4-10-18(20)16-19-11-5-7-13-21(19)22;1-16(2)22(24)25-23(13-7-8-14-23)21-19-11-5-3-9-17(19)15-18-10-4-6-12-20(18)21;1-6(2)9(12)15-5-8(11)16-7-3-4-14-10(7)13;1-4(2)7(10)12-5-3-6(9)13-8(5)11;1-5(2)8(10)12-6-3-7(9)11-4-6;1-5(2)7(9)12-6-3-4-11-8(6)10/h4-7,10-13,16H,1,3,8-9,14-15H2,2H3;3-6,9-12,15H,1,7-8,13-14H2,2H3;7H,1,3-5H2,2H3;5H,1,3H2,2H3;2*6H,1,3-4H2,2H3. The first-order valence-electron chi connectivity index (χ1n) is 33.9.